The van der Waals surface area contributed by atoms with Gasteiger partial charge in [0.05, 0.1) is 0 Å². The van der Waals surface area contributed by atoms with Crippen LogP contribution in [0.4, 0.5) is 0 Å². The summed E-state index contributed by atoms with van der Waals surface area (Å²) in [6.07, 6.45) is 0. The second-order valence-electron chi connectivity index (χ2n) is 2.64. The van der Waals surface area contributed by atoms with Gasteiger partial charge in [0.1, 0.15) is 0 Å². The minimum atomic E-state index is 0.534. The van der Waals surface area contributed by atoms with Gasteiger partial charge in [0.2, 0.25) is 0 Å². The molecule has 1 aliphatic rings. The van der Waals surface area contributed by atoms with Crippen LogP contribution >= 0.6 is 23.5 Å². The van der Waals surface area contributed by atoms with Crippen LogP contribution in [0.5, 0.6) is 0 Å². The van der Waals surface area contributed by atoms with Crippen LogP contribution in [0.25, 0.3) is 0 Å². The Morgan fingerprint density at radius 2 is 2.00 bits per heavy atom. The maximum Gasteiger partial charge on any atom is 0.0319 e. The molecule has 0 amide bonds. The zero-order chi connectivity index (χ0) is 8.20. The average Bonchev–Trinajstić information content (AvgIpc) is 2.15. The minimum absolute atomic E-state index is 0.534. The molecule has 1 unspecified atom stereocenters. The Morgan fingerprint density at radius 1 is 1.50 bits per heavy atom. The van der Waals surface area contributed by atoms with Gasteiger partial charge in [-0.2, -0.15) is 0 Å². The van der Waals surface area contributed by atoms with E-state index >= 15 is 0 Å². The van der Waals surface area contributed by atoms with Crippen molar-refractivity contribution < 1.29 is 5.11 Å². The molecule has 0 aromatic heterocycles. The van der Waals surface area contributed by atoms with E-state index in [4.69, 9.17) is 5.11 Å². The predicted octanol–water partition coefficient (Wildman–Crippen LogP) is 1.31. The van der Waals surface area contributed by atoms with Crippen LogP contribution < -0.4 is 0 Å². The van der Waals surface area contributed by atoms with E-state index < -0.39 is 0 Å². The van der Waals surface area contributed by atoms with Gasteiger partial charge in [-0.3, -0.25) is 0 Å². The van der Waals surface area contributed by atoms with E-state index in [9.17, 15) is 0 Å². The Hall–Kier alpha value is 1.66. The SMILES string of the molecule is CC1(C)SC[CH]([Na])S1.CO. The summed E-state index contributed by atoms with van der Waals surface area (Å²) in [4.78, 5) is 0. The van der Waals surface area contributed by atoms with Gasteiger partial charge in [0, 0.05) is 7.11 Å². The van der Waals surface area contributed by atoms with Crippen molar-refractivity contribution in [3.8, 4) is 0 Å². The molecule has 0 aliphatic carbocycles. The van der Waals surface area contributed by atoms with Crippen molar-refractivity contribution >= 4 is 51.5 Å². The second kappa shape index (κ2) is 5.33. The van der Waals surface area contributed by atoms with Gasteiger partial charge in [-0.05, 0) is 0 Å². The standard InChI is InChI=1S/C5H9S2.CH4O.Na/c1-5(2)6-3-4-7-5;1-2;/h3H,4H2,1-2H3;2H,1H3;. The fourth-order valence-electron chi connectivity index (χ4n) is 0.871. The summed E-state index contributed by atoms with van der Waals surface area (Å²) in [5, 5.41) is 7.00. The summed E-state index contributed by atoms with van der Waals surface area (Å²) in [5.41, 5.74) is 0. The predicted molar refractivity (Wildman–Crippen MR) is 51.8 cm³/mol. The molecule has 0 radical (unpaired) electrons. The number of thioether (sulfide) groups is 2. The smallest absolute Gasteiger partial charge is 0.0319 e. The van der Waals surface area contributed by atoms with Crippen molar-refractivity contribution in [1.82, 2.24) is 0 Å². The zero-order valence-corrected chi connectivity index (χ0v) is 10.7. The van der Waals surface area contributed by atoms with Gasteiger partial charge in [0.15, 0.2) is 0 Å². The molecule has 56 valence electrons. The number of aliphatic hydroxyl groups excluding tert-OH is 1. The third-order valence-corrected chi connectivity index (χ3v) is 6.21. The van der Waals surface area contributed by atoms with E-state index in [0.29, 0.717) is 4.08 Å². The third kappa shape index (κ3) is 4.52. The van der Waals surface area contributed by atoms with E-state index in [2.05, 4.69) is 37.4 Å². The second-order valence-corrected chi connectivity index (χ2v) is 8.83. The molecule has 0 spiro atoms. The fraction of sp³-hybridized carbons (Fsp3) is 1.00. The van der Waals surface area contributed by atoms with Crippen molar-refractivity contribution in [2.45, 2.75) is 20.4 Å². The summed E-state index contributed by atoms with van der Waals surface area (Å²) >= 11 is 5.62. The molecule has 1 rings (SSSR count). The van der Waals surface area contributed by atoms with E-state index in [1.165, 1.54) is 33.7 Å². The van der Waals surface area contributed by atoms with Gasteiger partial charge >= 0.3 is 77.6 Å². The maximum atomic E-state index is 7.00. The summed E-state index contributed by atoms with van der Waals surface area (Å²) in [6.45, 7) is 4.64. The summed E-state index contributed by atoms with van der Waals surface area (Å²) in [7, 11) is 1.00. The molecule has 0 bridgehead atoms. The van der Waals surface area contributed by atoms with Crippen LogP contribution in [-0.2, 0) is 0 Å². The molecule has 1 fully saturated rings. The fourth-order valence-corrected chi connectivity index (χ4v) is 6.70. The molecule has 1 aliphatic heterocycles. The number of rotatable bonds is 0. The molecule has 1 atom stereocenters. The van der Waals surface area contributed by atoms with Crippen LogP contribution in [0, 0.1) is 0 Å². The van der Waals surface area contributed by atoms with Crippen molar-refractivity contribution in [1.29, 1.82) is 0 Å². The maximum absolute atomic E-state index is 7.00. The van der Waals surface area contributed by atoms with Gasteiger partial charge in [-0.25, -0.2) is 0 Å². The largest absolute Gasteiger partial charge is 0.400 e. The normalized spacial score (nSPS) is 29.2. The summed E-state index contributed by atoms with van der Waals surface area (Å²) < 4.78 is 1.54. The van der Waals surface area contributed by atoms with E-state index in [1.54, 1.807) is 0 Å². The van der Waals surface area contributed by atoms with Crippen LogP contribution in [0.1, 0.15) is 13.8 Å². The third-order valence-electron chi connectivity index (χ3n) is 1.15. The molecule has 10 heavy (non-hydrogen) atoms. The molecule has 0 aromatic rings. The summed E-state index contributed by atoms with van der Waals surface area (Å²) in [5.74, 6) is 1.39. The Labute approximate surface area is 89.1 Å². The molecule has 1 N–H and O–H groups in total. The van der Waals surface area contributed by atoms with Crippen LogP contribution in [0.2, 0.25) is 0 Å². The first kappa shape index (κ1) is 11.7. The Morgan fingerprint density at radius 3 is 2.10 bits per heavy atom. The summed E-state index contributed by atoms with van der Waals surface area (Å²) in [6, 6.07) is 0. The van der Waals surface area contributed by atoms with Gasteiger partial charge in [-0.15, -0.1) is 0 Å². The molecule has 1 heterocycles. The number of hydrogen-bond acceptors (Lipinski definition) is 3. The molecule has 0 saturated carbocycles. The first-order valence-electron chi connectivity index (χ1n) is 3.37. The molecule has 1 nitrogen and oxygen atoms in total. The first-order valence-corrected chi connectivity index (χ1v) is 6.39. The number of aliphatic hydroxyl groups is 1. The molecular weight excluding hydrogens is 175 g/mol. The van der Waals surface area contributed by atoms with Crippen molar-refractivity contribution in [3.05, 3.63) is 0 Å². The topological polar surface area (TPSA) is 20.2 Å². The van der Waals surface area contributed by atoms with E-state index in [0.717, 1.165) is 9.61 Å². The molecule has 1 saturated heterocycles. The Bertz CT molecular complexity index is 97.7. The monoisotopic (exact) mass is 188 g/mol. The van der Waals surface area contributed by atoms with E-state index in [1.807, 2.05) is 0 Å². The van der Waals surface area contributed by atoms with Crippen molar-refractivity contribution in [2.75, 3.05) is 12.9 Å². The number of hydrogen-bond donors (Lipinski definition) is 1. The minimum Gasteiger partial charge on any atom is -0.400 e. The van der Waals surface area contributed by atoms with Crippen LogP contribution in [0.3, 0.4) is 0 Å². The molecule has 4 heteroatoms. The average molecular weight is 188 g/mol. The van der Waals surface area contributed by atoms with Gasteiger partial charge in [0.25, 0.3) is 0 Å². The quantitative estimate of drug-likeness (QED) is 0.579. The van der Waals surface area contributed by atoms with Crippen molar-refractivity contribution in [2.24, 2.45) is 0 Å². The van der Waals surface area contributed by atoms with Crippen molar-refractivity contribution in [3.63, 3.8) is 0 Å². The van der Waals surface area contributed by atoms with Crippen LogP contribution in [0.15, 0.2) is 0 Å². The first-order chi connectivity index (χ1) is 4.60. The zero-order valence-electron chi connectivity index (χ0n) is 7.05. The van der Waals surface area contributed by atoms with E-state index in [-0.39, 0.29) is 0 Å². The Kier molecular flexibility index (Phi) is 6.22. The van der Waals surface area contributed by atoms with Crippen LogP contribution in [-0.4, -0.2) is 52.5 Å². The molecular formula is C6H13NaOS2. The Balaban J connectivity index is 0.000000371. The van der Waals surface area contributed by atoms with Gasteiger partial charge in [-0.1, -0.05) is 0 Å². The molecule has 0 aromatic carbocycles. The van der Waals surface area contributed by atoms with Gasteiger partial charge < -0.3 is 5.11 Å².